The molecule has 0 bridgehead atoms. The van der Waals surface area contributed by atoms with E-state index in [-0.39, 0.29) is 5.97 Å². The van der Waals surface area contributed by atoms with Crippen molar-refractivity contribution in [3.63, 3.8) is 0 Å². The second kappa shape index (κ2) is 4.60. The van der Waals surface area contributed by atoms with Gasteiger partial charge in [-0.2, -0.15) is 0 Å². The molecule has 0 fully saturated rings. The number of benzene rings is 1. The molecule has 3 heteroatoms. The molecule has 13 heavy (non-hydrogen) atoms. The summed E-state index contributed by atoms with van der Waals surface area (Å²) in [7, 11) is 0. The number of hydrogen-bond donors (Lipinski definition) is 0. The van der Waals surface area contributed by atoms with E-state index >= 15 is 0 Å². The lowest BCUT2D eigenvalue weighted by atomic mass is 10.1. The maximum absolute atomic E-state index is 11.3. The average molecular weight is 290 g/mol. The van der Waals surface area contributed by atoms with Gasteiger partial charge in [0.05, 0.1) is 12.2 Å². The quantitative estimate of drug-likeness (QED) is 0.618. The van der Waals surface area contributed by atoms with Crippen LogP contribution in [-0.2, 0) is 4.74 Å². The van der Waals surface area contributed by atoms with Gasteiger partial charge in [0.2, 0.25) is 0 Å². The number of rotatable bonds is 2. The van der Waals surface area contributed by atoms with Crippen LogP contribution >= 0.6 is 22.6 Å². The van der Waals surface area contributed by atoms with Crippen molar-refractivity contribution in [3.05, 3.63) is 32.9 Å². The van der Waals surface area contributed by atoms with Gasteiger partial charge in [0.1, 0.15) is 0 Å². The fraction of sp³-hybridized carbons (Fsp3) is 0.300. The summed E-state index contributed by atoms with van der Waals surface area (Å²) in [6.07, 6.45) is 0. The Balaban J connectivity index is 2.95. The van der Waals surface area contributed by atoms with Crippen molar-refractivity contribution in [1.29, 1.82) is 0 Å². The highest BCUT2D eigenvalue weighted by Crippen LogP contribution is 2.15. The third-order valence-electron chi connectivity index (χ3n) is 1.62. The summed E-state index contributed by atoms with van der Waals surface area (Å²) in [6.45, 7) is 4.22. The predicted molar refractivity (Wildman–Crippen MR) is 59.9 cm³/mol. The molecular formula is C10H11IO2. The Hall–Kier alpha value is -0.580. The van der Waals surface area contributed by atoms with Crippen LogP contribution in [0.1, 0.15) is 22.8 Å². The van der Waals surface area contributed by atoms with Crippen LogP contribution < -0.4 is 0 Å². The minimum absolute atomic E-state index is 0.244. The molecule has 0 saturated heterocycles. The van der Waals surface area contributed by atoms with Crippen molar-refractivity contribution >= 4 is 28.6 Å². The third kappa shape index (κ3) is 2.69. The summed E-state index contributed by atoms with van der Waals surface area (Å²) in [4.78, 5) is 11.3. The molecule has 0 unspecified atom stereocenters. The van der Waals surface area contributed by atoms with Gasteiger partial charge >= 0.3 is 5.97 Å². The molecule has 0 aliphatic heterocycles. The molecule has 1 rings (SSSR count). The molecule has 1 aromatic carbocycles. The first kappa shape index (κ1) is 10.5. The minimum atomic E-state index is -0.244. The number of carbonyl (C=O) groups excluding carboxylic acids is 1. The topological polar surface area (TPSA) is 26.3 Å². The first-order valence-corrected chi connectivity index (χ1v) is 5.16. The van der Waals surface area contributed by atoms with E-state index in [9.17, 15) is 4.79 Å². The van der Waals surface area contributed by atoms with Gasteiger partial charge in [-0.05, 0) is 48.6 Å². The van der Waals surface area contributed by atoms with Crippen LogP contribution in [-0.4, -0.2) is 12.6 Å². The summed E-state index contributed by atoms with van der Waals surface area (Å²) in [5.41, 5.74) is 1.80. The van der Waals surface area contributed by atoms with Crippen molar-refractivity contribution in [2.75, 3.05) is 6.61 Å². The Morgan fingerprint density at radius 3 is 2.77 bits per heavy atom. The zero-order chi connectivity index (χ0) is 9.84. The Bertz CT molecular complexity index is 321. The highest BCUT2D eigenvalue weighted by molar-refractivity contribution is 14.1. The lowest BCUT2D eigenvalue weighted by Gasteiger charge is -2.04. The lowest BCUT2D eigenvalue weighted by Crippen LogP contribution is -2.06. The van der Waals surface area contributed by atoms with E-state index in [0.29, 0.717) is 12.2 Å². The van der Waals surface area contributed by atoms with Crippen LogP contribution in [0.25, 0.3) is 0 Å². The molecule has 0 atom stereocenters. The van der Waals surface area contributed by atoms with Gasteiger partial charge < -0.3 is 4.74 Å². The second-order valence-corrected chi connectivity index (χ2v) is 3.87. The molecule has 0 heterocycles. The van der Waals surface area contributed by atoms with Crippen LogP contribution in [0, 0.1) is 10.5 Å². The molecule has 0 radical (unpaired) electrons. The standard InChI is InChI=1S/C10H11IO2/c1-3-13-10(12)8-5-4-7(2)6-9(8)11/h4-6H,3H2,1-2H3. The Labute approximate surface area is 91.4 Å². The Kier molecular flexibility index (Phi) is 3.71. The fourth-order valence-electron chi connectivity index (χ4n) is 0.995. The SMILES string of the molecule is CCOC(=O)c1ccc(C)cc1I. The van der Waals surface area contributed by atoms with Gasteiger partial charge in [-0.1, -0.05) is 11.6 Å². The zero-order valence-electron chi connectivity index (χ0n) is 7.63. The first-order valence-electron chi connectivity index (χ1n) is 4.08. The highest BCUT2D eigenvalue weighted by atomic mass is 127. The Morgan fingerprint density at radius 1 is 1.54 bits per heavy atom. The van der Waals surface area contributed by atoms with E-state index in [4.69, 9.17) is 4.74 Å². The van der Waals surface area contributed by atoms with Crippen LogP contribution in [0.2, 0.25) is 0 Å². The first-order chi connectivity index (χ1) is 6.15. The van der Waals surface area contributed by atoms with Crippen molar-refractivity contribution in [2.24, 2.45) is 0 Å². The molecule has 1 aromatic rings. The van der Waals surface area contributed by atoms with Gasteiger partial charge in [-0.25, -0.2) is 4.79 Å². The maximum atomic E-state index is 11.3. The van der Waals surface area contributed by atoms with E-state index in [1.807, 2.05) is 19.1 Å². The van der Waals surface area contributed by atoms with E-state index in [1.165, 1.54) is 0 Å². The number of carbonyl (C=O) groups is 1. The van der Waals surface area contributed by atoms with E-state index in [1.54, 1.807) is 13.0 Å². The van der Waals surface area contributed by atoms with Gasteiger partial charge in [0, 0.05) is 3.57 Å². The number of aryl methyl sites for hydroxylation is 1. The minimum Gasteiger partial charge on any atom is -0.462 e. The molecule has 0 aromatic heterocycles. The summed E-state index contributed by atoms with van der Waals surface area (Å²) in [5.74, 6) is -0.244. The zero-order valence-corrected chi connectivity index (χ0v) is 9.79. The van der Waals surface area contributed by atoms with Crippen LogP contribution in [0.5, 0.6) is 0 Å². The molecule has 0 N–H and O–H groups in total. The van der Waals surface area contributed by atoms with Gasteiger partial charge in [-0.3, -0.25) is 0 Å². The summed E-state index contributed by atoms with van der Waals surface area (Å²) >= 11 is 2.14. The maximum Gasteiger partial charge on any atom is 0.339 e. The second-order valence-electron chi connectivity index (χ2n) is 2.70. The van der Waals surface area contributed by atoms with Crippen LogP contribution in [0.15, 0.2) is 18.2 Å². The third-order valence-corrected chi connectivity index (χ3v) is 2.51. The fourth-order valence-corrected chi connectivity index (χ4v) is 1.89. The Morgan fingerprint density at radius 2 is 2.23 bits per heavy atom. The van der Waals surface area contributed by atoms with E-state index in [2.05, 4.69) is 22.6 Å². The van der Waals surface area contributed by atoms with Gasteiger partial charge in [-0.15, -0.1) is 0 Å². The van der Waals surface area contributed by atoms with Crippen LogP contribution in [0.3, 0.4) is 0 Å². The molecule has 0 saturated carbocycles. The largest absolute Gasteiger partial charge is 0.462 e. The molecule has 0 amide bonds. The molecule has 0 aliphatic rings. The normalized spacial score (nSPS) is 9.77. The van der Waals surface area contributed by atoms with E-state index < -0.39 is 0 Å². The number of halogens is 1. The summed E-state index contributed by atoms with van der Waals surface area (Å²) in [5, 5.41) is 0. The molecule has 0 spiro atoms. The lowest BCUT2D eigenvalue weighted by molar-refractivity contribution is 0.0525. The van der Waals surface area contributed by atoms with Crippen molar-refractivity contribution < 1.29 is 9.53 Å². The number of hydrogen-bond acceptors (Lipinski definition) is 2. The molecule has 70 valence electrons. The van der Waals surface area contributed by atoms with Gasteiger partial charge in [0.15, 0.2) is 0 Å². The molecular weight excluding hydrogens is 279 g/mol. The average Bonchev–Trinajstić information content (AvgIpc) is 2.04. The van der Waals surface area contributed by atoms with E-state index in [0.717, 1.165) is 9.13 Å². The number of esters is 1. The molecule has 2 nitrogen and oxygen atoms in total. The smallest absolute Gasteiger partial charge is 0.339 e. The van der Waals surface area contributed by atoms with Crippen molar-refractivity contribution in [3.8, 4) is 0 Å². The predicted octanol–water partition coefficient (Wildman–Crippen LogP) is 2.78. The van der Waals surface area contributed by atoms with Gasteiger partial charge in [0.25, 0.3) is 0 Å². The van der Waals surface area contributed by atoms with Crippen LogP contribution in [0.4, 0.5) is 0 Å². The van der Waals surface area contributed by atoms with Crippen molar-refractivity contribution in [2.45, 2.75) is 13.8 Å². The molecule has 0 aliphatic carbocycles. The van der Waals surface area contributed by atoms with Crippen molar-refractivity contribution in [1.82, 2.24) is 0 Å². The monoisotopic (exact) mass is 290 g/mol. The summed E-state index contributed by atoms with van der Waals surface area (Å²) in [6, 6.07) is 5.68. The summed E-state index contributed by atoms with van der Waals surface area (Å²) < 4.78 is 5.85. The number of ether oxygens (including phenoxy) is 1. The highest BCUT2D eigenvalue weighted by Gasteiger charge is 2.09.